The summed E-state index contributed by atoms with van der Waals surface area (Å²) in [7, 11) is 0. The molecular weight excluding hydrogens is 348 g/mol. The molecule has 1 aliphatic carbocycles. The minimum Gasteiger partial charge on any atom is -0.334 e. The normalized spacial score (nSPS) is 15.2. The fraction of sp³-hybridized carbons (Fsp3) is 0.267. The maximum atomic E-state index is 10.7. The van der Waals surface area contributed by atoms with Gasteiger partial charge < -0.3 is 10.3 Å². The highest BCUT2D eigenvalue weighted by atomic mass is 35.5. The van der Waals surface area contributed by atoms with Crippen LogP contribution in [0, 0.1) is 10.1 Å². The van der Waals surface area contributed by atoms with Gasteiger partial charge in [0.1, 0.15) is 0 Å². The average molecular weight is 363 g/mol. The number of nitro benzene ring substituents is 1. The second-order valence-corrected chi connectivity index (χ2v) is 5.88. The Bertz CT molecular complexity index is 900. The third kappa shape index (κ3) is 2.99. The van der Waals surface area contributed by atoms with Crippen LogP contribution in [0.3, 0.4) is 0 Å². The van der Waals surface area contributed by atoms with Crippen molar-refractivity contribution < 1.29 is 9.45 Å². The van der Waals surface area contributed by atoms with Gasteiger partial charge in [0.05, 0.1) is 27.9 Å². The summed E-state index contributed by atoms with van der Waals surface area (Å²) in [6, 6.07) is 6.10. The number of hydrogen-bond donors (Lipinski definition) is 1. The van der Waals surface area contributed by atoms with Crippen molar-refractivity contribution in [1.82, 2.24) is 19.9 Å². The molecule has 0 unspecified atom stereocenters. The molecule has 0 spiro atoms. The second kappa shape index (κ2) is 6.26. The summed E-state index contributed by atoms with van der Waals surface area (Å²) in [5.74, 6) is 0.877. The van der Waals surface area contributed by atoms with Gasteiger partial charge in [0.15, 0.2) is 5.82 Å². The molecule has 0 radical (unpaired) electrons. The third-order valence-corrected chi connectivity index (χ3v) is 4.27. The highest BCUT2D eigenvalue weighted by molar-refractivity contribution is 5.85. The van der Waals surface area contributed by atoms with Crippen molar-refractivity contribution >= 4 is 18.1 Å². The largest absolute Gasteiger partial charge is 0.334 e. The number of nitrogens with zero attached hydrogens (tertiary/aromatic N) is 5. The fourth-order valence-electron chi connectivity index (χ4n) is 2.63. The standard InChI is InChI=1S/C15H14N6O3.ClH/c16-15(6-1-7-15)14-18-13(24-19-14)10-8-17-20(9-10)11-2-4-12(5-3-11)21(22)23;/h2-5,8-9H,1,6-7,16H2;1H. The van der Waals surface area contributed by atoms with Crippen molar-refractivity contribution in [3.05, 3.63) is 52.6 Å². The number of halogens is 1. The lowest BCUT2D eigenvalue weighted by Crippen LogP contribution is -2.44. The van der Waals surface area contributed by atoms with E-state index in [1.165, 1.54) is 12.1 Å². The average Bonchev–Trinajstić information content (AvgIpc) is 3.22. The summed E-state index contributed by atoms with van der Waals surface area (Å²) in [5.41, 5.74) is 7.10. The predicted octanol–water partition coefficient (Wildman–Crippen LogP) is 2.59. The molecule has 0 aliphatic heterocycles. The van der Waals surface area contributed by atoms with E-state index in [0.717, 1.165) is 19.3 Å². The van der Waals surface area contributed by atoms with E-state index in [-0.39, 0.29) is 18.1 Å². The Morgan fingerprint density at radius 2 is 2.00 bits per heavy atom. The van der Waals surface area contributed by atoms with E-state index in [2.05, 4.69) is 15.2 Å². The quantitative estimate of drug-likeness (QED) is 0.558. The van der Waals surface area contributed by atoms with Gasteiger partial charge in [-0.2, -0.15) is 10.1 Å². The van der Waals surface area contributed by atoms with Crippen LogP contribution in [0.25, 0.3) is 17.1 Å². The molecule has 0 atom stereocenters. The lowest BCUT2D eigenvalue weighted by atomic mass is 9.77. The molecule has 2 aromatic heterocycles. The molecule has 10 heteroatoms. The van der Waals surface area contributed by atoms with E-state index in [4.69, 9.17) is 10.3 Å². The molecule has 3 aromatic rings. The van der Waals surface area contributed by atoms with Crippen LogP contribution in [0.15, 0.2) is 41.2 Å². The first-order chi connectivity index (χ1) is 11.5. The maximum Gasteiger partial charge on any atom is 0.269 e. The molecule has 9 nitrogen and oxygen atoms in total. The van der Waals surface area contributed by atoms with Crippen LogP contribution < -0.4 is 5.73 Å². The van der Waals surface area contributed by atoms with Gasteiger partial charge >= 0.3 is 0 Å². The van der Waals surface area contributed by atoms with Gasteiger partial charge in [-0.05, 0) is 31.4 Å². The minimum atomic E-state index is -0.476. The zero-order chi connectivity index (χ0) is 16.7. The smallest absolute Gasteiger partial charge is 0.269 e. The molecule has 1 aliphatic rings. The number of nitro groups is 1. The van der Waals surface area contributed by atoms with Crippen LogP contribution in [0.2, 0.25) is 0 Å². The van der Waals surface area contributed by atoms with E-state index < -0.39 is 10.5 Å². The van der Waals surface area contributed by atoms with Gasteiger partial charge in [0, 0.05) is 18.3 Å². The summed E-state index contributed by atoms with van der Waals surface area (Å²) in [5, 5.41) is 18.9. The van der Waals surface area contributed by atoms with Gasteiger partial charge in [0.2, 0.25) is 0 Å². The Morgan fingerprint density at radius 1 is 1.28 bits per heavy atom. The van der Waals surface area contributed by atoms with Gasteiger partial charge in [-0.1, -0.05) is 5.16 Å². The molecule has 2 N–H and O–H groups in total. The first-order valence-electron chi connectivity index (χ1n) is 7.48. The zero-order valence-electron chi connectivity index (χ0n) is 13.0. The van der Waals surface area contributed by atoms with Crippen molar-refractivity contribution in [2.75, 3.05) is 0 Å². The maximum absolute atomic E-state index is 10.7. The number of rotatable bonds is 4. The first-order valence-corrected chi connectivity index (χ1v) is 7.48. The second-order valence-electron chi connectivity index (χ2n) is 5.88. The topological polar surface area (TPSA) is 126 Å². The summed E-state index contributed by atoms with van der Waals surface area (Å²) in [4.78, 5) is 14.6. The zero-order valence-corrected chi connectivity index (χ0v) is 13.8. The van der Waals surface area contributed by atoms with Gasteiger partial charge in [0.25, 0.3) is 11.6 Å². The number of aromatic nitrogens is 4. The summed E-state index contributed by atoms with van der Waals surface area (Å²) in [6.07, 6.45) is 6.10. The van der Waals surface area contributed by atoms with E-state index >= 15 is 0 Å². The van der Waals surface area contributed by atoms with E-state index in [1.54, 1.807) is 29.2 Å². The summed E-state index contributed by atoms with van der Waals surface area (Å²) < 4.78 is 6.88. The number of non-ortho nitro benzene ring substituents is 1. The minimum absolute atomic E-state index is 0. The highest BCUT2D eigenvalue weighted by Crippen LogP contribution is 2.37. The molecule has 0 bridgehead atoms. The van der Waals surface area contributed by atoms with E-state index in [1.807, 2.05) is 0 Å². The molecule has 130 valence electrons. The van der Waals surface area contributed by atoms with Crippen LogP contribution in [0.4, 0.5) is 5.69 Å². The van der Waals surface area contributed by atoms with E-state index in [9.17, 15) is 10.1 Å². The van der Waals surface area contributed by atoms with E-state index in [0.29, 0.717) is 23.0 Å². The monoisotopic (exact) mass is 362 g/mol. The molecule has 2 heterocycles. The Hall–Kier alpha value is -2.78. The van der Waals surface area contributed by atoms with Crippen LogP contribution in [-0.4, -0.2) is 24.8 Å². The SMILES string of the molecule is Cl.NC1(c2noc(-c3cnn(-c4ccc([N+](=O)[O-])cc4)c3)n2)CCC1. The molecular formula is C15H15ClN6O3. The summed E-state index contributed by atoms with van der Waals surface area (Å²) in [6.45, 7) is 0. The molecule has 1 fully saturated rings. The van der Waals surface area contributed by atoms with Gasteiger partial charge in [-0.25, -0.2) is 4.68 Å². The number of nitrogens with two attached hydrogens (primary N) is 1. The highest BCUT2D eigenvalue weighted by Gasteiger charge is 2.39. The van der Waals surface area contributed by atoms with Crippen molar-refractivity contribution in [3.8, 4) is 17.1 Å². The van der Waals surface area contributed by atoms with Crippen molar-refractivity contribution in [2.45, 2.75) is 24.8 Å². The molecule has 25 heavy (non-hydrogen) atoms. The van der Waals surface area contributed by atoms with Crippen molar-refractivity contribution in [3.63, 3.8) is 0 Å². The molecule has 1 aromatic carbocycles. The Balaban J connectivity index is 0.00000182. The molecule has 1 saturated carbocycles. The molecule has 0 saturated heterocycles. The predicted molar refractivity (Wildman–Crippen MR) is 90.5 cm³/mol. The van der Waals surface area contributed by atoms with Crippen LogP contribution in [0.5, 0.6) is 0 Å². The van der Waals surface area contributed by atoms with Gasteiger partial charge in [-0.3, -0.25) is 10.1 Å². The fourth-order valence-corrected chi connectivity index (χ4v) is 2.63. The van der Waals surface area contributed by atoms with Crippen molar-refractivity contribution in [2.24, 2.45) is 5.73 Å². The summed E-state index contributed by atoms with van der Waals surface area (Å²) >= 11 is 0. The van der Waals surface area contributed by atoms with Gasteiger partial charge in [-0.15, -0.1) is 12.4 Å². The number of hydrogen-bond acceptors (Lipinski definition) is 7. The van der Waals surface area contributed by atoms with Crippen LogP contribution in [-0.2, 0) is 5.54 Å². The van der Waals surface area contributed by atoms with Crippen molar-refractivity contribution in [1.29, 1.82) is 0 Å². The van der Waals surface area contributed by atoms with Crippen LogP contribution in [0.1, 0.15) is 25.1 Å². The molecule has 0 amide bonds. The lowest BCUT2D eigenvalue weighted by Gasteiger charge is -2.34. The number of benzene rings is 1. The Kier molecular flexibility index (Phi) is 4.27. The molecule has 4 rings (SSSR count). The van der Waals surface area contributed by atoms with Crippen LogP contribution >= 0.6 is 12.4 Å². The third-order valence-electron chi connectivity index (χ3n) is 4.27. The first kappa shape index (κ1) is 17.1. The Labute approximate surface area is 148 Å². The Morgan fingerprint density at radius 3 is 2.60 bits per heavy atom. The lowest BCUT2D eigenvalue weighted by molar-refractivity contribution is -0.384.